The lowest BCUT2D eigenvalue weighted by Crippen LogP contribution is -2.20. The maximum Gasteiger partial charge on any atom is 0.262 e. The van der Waals surface area contributed by atoms with Gasteiger partial charge in [0.1, 0.15) is 17.2 Å². The Morgan fingerprint density at radius 1 is 1.00 bits per heavy atom. The summed E-state index contributed by atoms with van der Waals surface area (Å²) in [5.74, 6) is 1.55. The monoisotopic (exact) mass is 405 g/mol. The number of anilines is 1. The molecule has 6 heteroatoms. The summed E-state index contributed by atoms with van der Waals surface area (Å²) in [5.41, 5.74) is 0.503. The van der Waals surface area contributed by atoms with Gasteiger partial charge in [-0.25, -0.2) is 0 Å². The van der Waals surface area contributed by atoms with Crippen LogP contribution >= 0.6 is 11.6 Å². The summed E-state index contributed by atoms with van der Waals surface area (Å²) >= 11 is 5.97. The molecule has 0 aliphatic heterocycles. The van der Waals surface area contributed by atoms with Crippen LogP contribution in [0, 0.1) is 0 Å². The van der Waals surface area contributed by atoms with Gasteiger partial charge in [-0.05, 0) is 36.8 Å². The largest absolute Gasteiger partial charge is 0.495 e. The van der Waals surface area contributed by atoms with E-state index in [0.29, 0.717) is 28.8 Å². The van der Waals surface area contributed by atoms with Gasteiger partial charge in [-0.3, -0.25) is 4.79 Å². The zero-order valence-electron chi connectivity index (χ0n) is 16.5. The van der Waals surface area contributed by atoms with Crippen molar-refractivity contribution in [3.8, 4) is 17.2 Å². The molecule has 0 saturated heterocycles. The van der Waals surface area contributed by atoms with Gasteiger partial charge in [0.25, 0.3) is 5.91 Å². The summed E-state index contributed by atoms with van der Waals surface area (Å²) in [4.78, 5) is 12.2. The first kappa shape index (κ1) is 21.9. The van der Waals surface area contributed by atoms with Crippen molar-refractivity contribution in [2.24, 2.45) is 0 Å². The highest BCUT2D eigenvalue weighted by Gasteiger charge is 2.09. The maximum atomic E-state index is 12.2. The van der Waals surface area contributed by atoms with E-state index < -0.39 is 0 Å². The van der Waals surface area contributed by atoms with E-state index >= 15 is 0 Å². The molecule has 1 N–H and O–H groups in total. The predicted molar refractivity (Wildman–Crippen MR) is 113 cm³/mol. The molecule has 0 radical (unpaired) electrons. The van der Waals surface area contributed by atoms with Crippen molar-refractivity contribution in [1.82, 2.24) is 0 Å². The third-order valence-electron chi connectivity index (χ3n) is 4.13. The first-order valence-corrected chi connectivity index (χ1v) is 9.99. The van der Waals surface area contributed by atoms with Crippen LogP contribution in [0.4, 0.5) is 5.69 Å². The van der Waals surface area contributed by atoms with Crippen molar-refractivity contribution in [1.29, 1.82) is 0 Å². The fourth-order valence-electron chi connectivity index (χ4n) is 2.66. The second-order valence-electron chi connectivity index (χ2n) is 6.42. The normalized spacial score (nSPS) is 10.4. The van der Waals surface area contributed by atoms with Gasteiger partial charge < -0.3 is 19.5 Å². The number of amides is 1. The molecule has 2 rings (SSSR count). The highest BCUT2D eigenvalue weighted by Crippen LogP contribution is 2.27. The van der Waals surface area contributed by atoms with Crippen molar-refractivity contribution in [3.05, 3.63) is 47.5 Å². The van der Waals surface area contributed by atoms with Gasteiger partial charge in [0.05, 0.1) is 19.4 Å². The van der Waals surface area contributed by atoms with Gasteiger partial charge in [0.2, 0.25) is 0 Å². The number of methoxy groups -OCH3 is 1. The van der Waals surface area contributed by atoms with Crippen LogP contribution in [0.5, 0.6) is 17.2 Å². The standard InChI is InChI=1S/C22H28ClNO4/c1-3-4-5-6-7-13-27-18-9-8-10-19(15-18)28-16-22(25)24-20-14-17(23)11-12-21(20)26-2/h8-12,14-15H,3-7,13,16H2,1-2H3,(H,24,25). The Morgan fingerprint density at radius 2 is 1.75 bits per heavy atom. The zero-order valence-corrected chi connectivity index (χ0v) is 17.3. The molecule has 2 aromatic carbocycles. The van der Waals surface area contributed by atoms with Gasteiger partial charge in [-0.15, -0.1) is 0 Å². The molecule has 0 aliphatic carbocycles. The number of benzene rings is 2. The summed E-state index contributed by atoms with van der Waals surface area (Å²) in [6, 6.07) is 12.3. The zero-order chi connectivity index (χ0) is 20.2. The molecule has 0 bridgehead atoms. The Labute approximate surface area is 171 Å². The quantitative estimate of drug-likeness (QED) is 0.459. The predicted octanol–water partition coefficient (Wildman–Crippen LogP) is 5.72. The number of hydrogen-bond acceptors (Lipinski definition) is 4. The molecule has 0 aliphatic rings. The van der Waals surface area contributed by atoms with E-state index in [4.69, 9.17) is 25.8 Å². The van der Waals surface area contributed by atoms with Gasteiger partial charge in [0, 0.05) is 11.1 Å². The molecule has 2 aromatic rings. The topological polar surface area (TPSA) is 56.8 Å². The fraction of sp³-hybridized carbons (Fsp3) is 0.409. The number of hydrogen-bond donors (Lipinski definition) is 1. The molecule has 0 unspecified atom stereocenters. The number of carbonyl (C=O) groups excluding carboxylic acids is 1. The van der Waals surface area contributed by atoms with Gasteiger partial charge >= 0.3 is 0 Å². The highest BCUT2D eigenvalue weighted by atomic mass is 35.5. The fourth-order valence-corrected chi connectivity index (χ4v) is 2.83. The van der Waals surface area contributed by atoms with E-state index in [1.165, 1.54) is 32.8 Å². The summed E-state index contributed by atoms with van der Waals surface area (Å²) < 4.78 is 16.6. The third kappa shape index (κ3) is 7.69. The first-order valence-electron chi connectivity index (χ1n) is 9.61. The van der Waals surface area contributed by atoms with Crippen molar-refractivity contribution < 1.29 is 19.0 Å². The van der Waals surface area contributed by atoms with Crippen LogP contribution in [-0.2, 0) is 4.79 Å². The molecule has 0 heterocycles. The van der Waals surface area contributed by atoms with E-state index in [-0.39, 0.29) is 12.5 Å². The van der Waals surface area contributed by atoms with Crippen molar-refractivity contribution in [3.63, 3.8) is 0 Å². The van der Waals surface area contributed by atoms with Gasteiger partial charge in [-0.2, -0.15) is 0 Å². The average Bonchev–Trinajstić information content (AvgIpc) is 2.69. The number of ether oxygens (including phenoxy) is 3. The van der Waals surface area contributed by atoms with Crippen LogP contribution in [0.15, 0.2) is 42.5 Å². The minimum Gasteiger partial charge on any atom is -0.495 e. The van der Waals surface area contributed by atoms with E-state index in [9.17, 15) is 4.79 Å². The molecule has 0 fully saturated rings. The third-order valence-corrected chi connectivity index (χ3v) is 4.36. The van der Waals surface area contributed by atoms with Crippen LogP contribution in [0.2, 0.25) is 5.02 Å². The Balaban J connectivity index is 1.79. The maximum absolute atomic E-state index is 12.2. The molecule has 0 atom stereocenters. The van der Waals surface area contributed by atoms with Crippen LogP contribution in [0.3, 0.4) is 0 Å². The molecule has 28 heavy (non-hydrogen) atoms. The number of nitrogens with one attached hydrogen (secondary N) is 1. The summed E-state index contributed by atoms with van der Waals surface area (Å²) in [6.07, 6.45) is 5.96. The molecule has 0 aromatic heterocycles. The van der Waals surface area contributed by atoms with Crippen LogP contribution in [0.1, 0.15) is 39.0 Å². The van der Waals surface area contributed by atoms with Crippen LogP contribution < -0.4 is 19.5 Å². The van der Waals surface area contributed by atoms with E-state index in [1.54, 1.807) is 30.3 Å². The van der Waals surface area contributed by atoms with E-state index in [1.807, 2.05) is 12.1 Å². The summed E-state index contributed by atoms with van der Waals surface area (Å²) in [5, 5.41) is 3.25. The van der Waals surface area contributed by atoms with Crippen molar-refractivity contribution >= 4 is 23.2 Å². The lowest BCUT2D eigenvalue weighted by molar-refractivity contribution is -0.118. The number of halogens is 1. The van der Waals surface area contributed by atoms with Crippen molar-refractivity contribution in [2.45, 2.75) is 39.0 Å². The minimum atomic E-state index is -0.303. The SMILES string of the molecule is CCCCCCCOc1cccc(OCC(=O)Nc2cc(Cl)ccc2OC)c1. The minimum absolute atomic E-state index is 0.129. The number of unbranched alkanes of at least 4 members (excludes halogenated alkanes) is 4. The molecule has 152 valence electrons. The lowest BCUT2D eigenvalue weighted by Gasteiger charge is -2.12. The number of carbonyl (C=O) groups is 1. The second kappa shape index (κ2) is 12.1. The second-order valence-corrected chi connectivity index (χ2v) is 6.86. The van der Waals surface area contributed by atoms with Gasteiger partial charge in [0.15, 0.2) is 6.61 Å². The molecular weight excluding hydrogens is 378 g/mol. The van der Waals surface area contributed by atoms with Crippen LogP contribution in [0.25, 0.3) is 0 Å². The van der Waals surface area contributed by atoms with Gasteiger partial charge in [-0.1, -0.05) is 50.3 Å². The molecule has 0 saturated carbocycles. The first-order chi connectivity index (χ1) is 13.6. The smallest absolute Gasteiger partial charge is 0.262 e. The Morgan fingerprint density at radius 3 is 2.50 bits per heavy atom. The Hall–Kier alpha value is -2.40. The summed E-state index contributed by atoms with van der Waals surface area (Å²) in [6.45, 7) is 2.76. The summed E-state index contributed by atoms with van der Waals surface area (Å²) in [7, 11) is 1.53. The molecular formula is C22H28ClNO4. The number of rotatable bonds is 12. The Bertz CT molecular complexity index is 751. The molecule has 5 nitrogen and oxygen atoms in total. The molecule has 1 amide bonds. The van der Waals surface area contributed by atoms with Crippen LogP contribution in [-0.4, -0.2) is 26.2 Å². The molecule has 0 spiro atoms. The Kier molecular flexibility index (Phi) is 9.49. The van der Waals surface area contributed by atoms with E-state index in [0.717, 1.165) is 12.2 Å². The van der Waals surface area contributed by atoms with Crippen molar-refractivity contribution in [2.75, 3.05) is 25.6 Å². The average molecular weight is 406 g/mol. The highest BCUT2D eigenvalue weighted by molar-refractivity contribution is 6.31. The van der Waals surface area contributed by atoms with E-state index in [2.05, 4.69) is 12.2 Å². The lowest BCUT2D eigenvalue weighted by atomic mass is 10.2.